The lowest BCUT2D eigenvalue weighted by Crippen LogP contribution is -2.50. The third-order valence-electron chi connectivity index (χ3n) is 7.14. The van der Waals surface area contributed by atoms with E-state index in [1.807, 2.05) is 6.07 Å². The molecule has 1 unspecified atom stereocenters. The van der Waals surface area contributed by atoms with Crippen LogP contribution in [0.4, 0.5) is 0 Å². The summed E-state index contributed by atoms with van der Waals surface area (Å²) in [6.07, 6.45) is 2.09. The summed E-state index contributed by atoms with van der Waals surface area (Å²) in [6, 6.07) is 7.48. The van der Waals surface area contributed by atoms with E-state index >= 15 is 0 Å². The minimum Gasteiger partial charge on any atom is -0.493 e. The average Bonchev–Trinajstić information content (AvgIpc) is 3.41. The quantitative estimate of drug-likeness (QED) is 0.653. The van der Waals surface area contributed by atoms with Crippen molar-refractivity contribution in [2.45, 2.75) is 37.6 Å². The van der Waals surface area contributed by atoms with E-state index in [1.54, 1.807) is 7.11 Å². The lowest BCUT2D eigenvalue weighted by Gasteiger charge is -2.32. The smallest absolute Gasteiger partial charge is 0.161 e. The van der Waals surface area contributed by atoms with E-state index in [0.29, 0.717) is 36.2 Å². The SMILES string of the molecule is COc1cc(CN2C[C@H]3CC[C@@H](C2)N3)ccc1OCC(O)CN1C[C@H]2COC[C@H]2C1. The van der Waals surface area contributed by atoms with Gasteiger partial charge < -0.3 is 24.6 Å². The van der Waals surface area contributed by atoms with E-state index in [2.05, 4.69) is 27.2 Å². The summed E-state index contributed by atoms with van der Waals surface area (Å²) in [5.41, 5.74) is 1.24. The maximum Gasteiger partial charge on any atom is 0.161 e. The number of hydrogen-bond acceptors (Lipinski definition) is 7. The molecular weight excluding hydrogens is 382 g/mol. The van der Waals surface area contributed by atoms with Crippen molar-refractivity contribution in [3.05, 3.63) is 23.8 Å². The first-order valence-corrected chi connectivity index (χ1v) is 11.4. The Labute approximate surface area is 179 Å². The second kappa shape index (κ2) is 9.01. The number of likely N-dealkylation sites (tertiary alicyclic amines) is 2. The Morgan fingerprint density at radius 1 is 1.07 bits per heavy atom. The van der Waals surface area contributed by atoms with Crippen molar-refractivity contribution in [2.75, 3.05) is 59.7 Å². The number of fused-ring (bicyclic) bond motifs is 3. The molecule has 7 nitrogen and oxygen atoms in total. The zero-order valence-electron chi connectivity index (χ0n) is 18.0. The van der Waals surface area contributed by atoms with E-state index < -0.39 is 6.10 Å². The second-order valence-corrected chi connectivity index (χ2v) is 9.56. The topological polar surface area (TPSA) is 66.4 Å². The average molecular weight is 418 g/mol. The number of nitrogens with one attached hydrogen (secondary N) is 1. The van der Waals surface area contributed by atoms with Gasteiger partial charge in [-0.05, 0) is 30.5 Å². The Morgan fingerprint density at radius 3 is 2.50 bits per heavy atom. The molecule has 5 rings (SSSR count). The van der Waals surface area contributed by atoms with Gasteiger partial charge in [0.25, 0.3) is 0 Å². The molecule has 2 N–H and O–H groups in total. The maximum atomic E-state index is 10.5. The Hall–Kier alpha value is -1.38. The molecule has 0 amide bonds. The number of nitrogens with zero attached hydrogens (tertiary/aromatic N) is 2. The van der Waals surface area contributed by atoms with Gasteiger partial charge in [0, 0.05) is 63.2 Å². The lowest BCUT2D eigenvalue weighted by atomic mass is 10.0. The van der Waals surface area contributed by atoms with Crippen molar-refractivity contribution in [1.82, 2.24) is 15.1 Å². The molecule has 4 heterocycles. The maximum absolute atomic E-state index is 10.5. The first kappa shape index (κ1) is 20.5. The molecule has 0 radical (unpaired) electrons. The zero-order chi connectivity index (χ0) is 20.5. The second-order valence-electron chi connectivity index (χ2n) is 9.56. The zero-order valence-corrected chi connectivity index (χ0v) is 18.0. The lowest BCUT2D eigenvalue weighted by molar-refractivity contribution is 0.0666. The minimum atomic E-state index is -0.509. The van der Waals surface area contributed by atoms with Crippen LogP contribution >= 0.6 is 0 Å². The highest BCUT2D eigenvalue weighted by Crippen LogP contribution is 2.31. The molecule has 4 aliphatic rings. The molecule has 4 fully saturated rings. The predicted octanol–water partition coefficient (Wildman–Crippen LogP) is 0.949. The van der Waals surface area contributed by atoms with Gasteiger partial charge >= 0.3 is 0 Å². The molecule has 0 spiro atoms. The van der Waals surface area contributed by atoms with Gasteiger partial charge in [0.15, 0.2) is 11.5 Å². The van der Waals surface area contributed by atoms with Gasteiger partial charge in [-0.2, -0.15) is 0 Å². The van der Waals surface area contributed by atoms with E-state index in [4.69, 9.17) is 14.2 Å². The van der Waals surface area contributed by atoms with Gasteiger partial charge in [-0.3, -0.25) is 9.80 Å². The summed E-state index contributed by atoms with van der Waals surface area (Å²) in [6.45, 7) is 7.88. The van der Waals surface area contributed by atoms with Gasteiger partial charge in [0.05, 0.1) is 20.3 Å². The fourth-order valence-corrected chi connectivity index (χ4v) is 5.68. The Morgan fingerprint density at radius 2 is 1.80 bits per heavy atom. The van der Waals surface area contributed by atoms with Crippen LogP contribution in [0.25, 0.3) is 0 Å². The van der Waals surface area contributed by atoms with Gasteiger partial charge in [-0.15, -0.1) is 0 Å². The van der Waals surface area contributed by atoms with Crippen LogP contribution in [0.15, 0.2) is 18.2 Å². The number of β-amino-alcohol motifs (C(OH)–C–C–N with tert-alkyl or cyclic N) is 1. The highest BCUT2D eigenvalue weighted by atomic mass is 16.5. The van der Waals surface area contributed by atoms with Crippen LogP contribution in [0, 0.1) is 11.8 Å². The van der Waals surface area contributed by atoms with Crippen LogP contribution in [0.1, 0.15) is 18.4 Å². The fraction of sp³-hybridized carbons (Fsp3) is 0.739. The molecule has 0 aliphatic carbocycles. The van der Waals surface area contributed by atoms with E-state index in [0.717, 1.165) is 51.7 Å². The molecule has 0 saturated carbocycles. The van der Waals surface area contributed by atoms with E-state index in [9.17, 15) is 5.11 Å². The number of methoxy groups -OCH3 is 1. The van der Waals surface area contributed by atoms with Gasteiger partial charge in [0.1, 0.15) is 12.7 Å². The standard InChI is InChI=1S/C23H35N3O4/c1-28-23-6-16(7-25-10-19-3-4-20(11-25)24-19)2-5-22(23)30-15-21(27)12-26-8-17-13-29-14-18(17)9-26/h2,5-6,17-21,24,27H,3-4,7-15H2,1H3/t17-,18+,19-,20+,21?. The number of aliphatic hydroxyl groups is 1. The molecule has 1 aromatic carbocycles. The Kier molecular flexibility index (Phi) is 6.16. The van der Waals surface area contributed by atoms with Crippen molar-refractivity contribution >= 4 is 0 Å². The molecule has 4 saturated heterocycles. The first-order chi connectivity index (χ1) is 14.7. The Balaban J connectivity index is 1.12. The number of benzene rings is 1. The first-order valence-electron chi connectivity index (χ1n) is 11.4. The molecule has 5 atom stereocenters. The summed E-state index contributed by atoms with van der Waals surface area (Å²) >= 11 is 0. The van der Waals surface area contributed by atoms with Gasteiger partial charge in [-0.1, -0.05) is 6.07 Å². The van der Waals surface area contributed by atoms with E-state index in [-0.39, 0.29) is 6.61 Å². The highest BCUT2D eigenvalue weighted by molar-refractivity contribution is 5.43. The van der Waals surface area contributed by atoms with Crippen molar-refractivity contribution in [3.8, 4) is 11.5 Å². The Bertz CT molecular complexity index is 708. The molecule has 1 aromatic rings. The van der Waals surface area contributed by atoms with Crippen LogP contribution in [-0.4, -0.2) is 92.7 Å². The molecule has 4 aliphatic heterocycles. The van der Waals surface area contributed by atoms with Crippen molar-refractivity contribution in [3.63, 3.8) is 0 Å². The molecule has 30 heavy (non-hydrogen) atoms. The van der Waals surface area contributed by atoms with Crippen LogP contribution < -0.4 is 14.8 Å². The van der Waals surface area contributed by atoms with Crippen molar-refractivity contribution in [2.24, 2.45) is 11.8 Å². The van der Waals surface area contributed by atoms with Crippen LogP contribution in [0.2, 0.25) is 0 Å². The summed E-state index contributed by atoms with van der Waals surface area (Å²) in [4.78, 5) is 4.88. The minimum absolute atomic E-state index is 0.277. The molecule has 166 valence electrons. The van der Waals surface area contributed by atoms with Crippen LogP contribution in [-0.2, 0) is 11.3 Å². The van der Waals surface area contributed by atoms with Gasteiger partial charge in [0.2, 0.25) is 0 Å². The number of piperazine rings is 1. The van der Waals surface area contributed by atoms with E-state index in [1.165, 1.54) is 18.4 Å². The third kappa shape index (κ3) is 4.60. The monoisotopic (exact) mass is 417 g/mol. The predicted molar refractivity (Wildman–Crippen MR) is 114 cm³/mol. The summed E-state index contributed by atoms with van der Waals surface area (Å²) in [5, 5.41) is 14.2. The summed E-state index contributed by atoms with van der Waals surface area (Å²) in [7, 11) is 1.68. The highest BCUT2D eigenvalue weighted by Gasteiger charge is 2.37. The molecular formula is C23H35N3O4. The molecule has 0 aromatic heterocycles. The van der Waals surface area contributed by atoms with Crippen LogP contribution in [0.5, 0.6) is 11.5 Å². The number of ether oxygens (including phenoxy) is 3. The van der Waals surface area contributed by atoms with Crippen molar-refractivity contribution in [1.29, 1.82) is 0 Å². The number of rotatable bonds is 8. The fourth-order valence-electron chi connectivity index (χ4n) is 5.68. The summed E-state index contributed by atoms with van der Waals surface area (Å²) in [5.74, 6) is 2.71. The van der Waals surface area contributed by atoms with Crippen LogP contribution in [0.3, 0.4) is 0 Å². The molecule has 2 bridgehead atoms. The molecule has 7 heteroatoms. The largest absolute Gasteiger partial charge is 0.493 e. The van der Waals surface area contributed by atoms with Gasteiger partial charge in [-0.25, -0.2) is 0 Å². The van der Waals surface area contributed by atoms with Crippen molar-refractivity contribution < 1.29 is 19.3 Å². The third-order valence-corrected chi connectivity index (χ3v) is 7.14. The number of aliphatic hydroxyl groups excluding tert-OH is 1. The summed E-state index contributed by atoms with van der Waals surface area (Å²) < 4.78 is 17.1. The normalized spacial score (nSPS) is 32.3. The number of hydrogen-bond donors (Lipinski definition) is 2.